The molecule has 0 saturated carbocycles. The van der Waals surface area contributed by atoms with Crippen molar-refractivity contribution in [1.29, 1.82) is 0 Å². The highest BCUT2D eigenvalue weighted by Crippen LogP contribution is 2.18. The number of para-hydroxylation sites is 1. The van der Waals surface area contributed by atoms with Crippen molar-refractivity contribution in [1.82, 2.24) is 9.55 Å². The summed E-state index contributed by atoms with van der Waals surface area (Å²) < 4.78 is 7.77. The van der Waals surface area contributed by atoms with Crippen LogP contribution in [0.2, 0.25) is 0 Å². The van der Waals surface area contributed by atoms with E-state index in [9.17, 15) is 0 Å². The third-order valence-corrected chi connectivity index (χ3v) is 2.94. The summed E-state index contributed by atoms with van der Waals surface area (Å²) in [6.07, 6.45) is 3.69. The van der Waals surface area contributed by atoms with Gasteiger partial charge in [0.15, 0.2) is 0 Å². The summed E-state index contributed by atoms with van der Waals surface area (Å²) in [4.78, 5) is 4.16. The van der Waals surface area contributed by atoms with Crippen LogP contribution >= 0.6 is 0 Å². The van der Waals surface area contributed by atoms with Gasteiger partial charge >= 0.3 is 0 Å². The summed E-state index contributed by atoms with van der Waals surface area (Å²) in [6.45, 7) is 4.96. The zero-order valence-electron chi connectivity index (χ0n) is 11.1. The monoisotopic (exact) mass is 259 g/mol. The van der Waals surface area contributed by atoms with E-state index in [-0.39, 0.29) is 0 Å². The molecule has 5 heteroatoms. The molecule has 0 atom stereocenters. The molecule has 0 saturated heterocycles. The van der Waals surface area contributed by atoms with Crippen molar-refractivity contribution in [2.45, 2.75) is 20.4 Å². The first kappa shape index (κ1) is 13.1. The fraction of sp³-hybridized carbons (Fsp3) is 0.286. The van der Waals surface area contributed by atoms with Crippen molar-refractivity contribution < 1.29 is 9.94 Å². The quantitative estimate of drug-likeness (QED) is 0.510. The lowest BCUT2D eigenvalue weighted by atomic mass is 10.1. The lowest BCUT2D eigenvalue weighted by molar-refractivity contribution is 0.295. The second-order valence-corrected chi connectivity index (χ2v) is 4.20. The summed E-state index contributed by atoms with van der Waals surface area (Å²) in [5.41, 5.74) is 1.33. The van der Waals surface area contributed by atoms with Crippen LogP contribution in [0.5, 0.6) is 5.75 Å². The molecule has 0 fully saturated rings. The number of ether oxygens (including phenoxy) is 1. The summed E-state index contributed by atoms with van der Waals surface area (Å²) in [7, 11) is 0. The topological polar surface area (TPSA) is 59.6 Å². The Morgan fingerprint density at radius 3 is 2.89 bits per heavy atom. The molecule has 2 aromatic rings. The third-order valence-electron chi connectivity index (χ3n) is 2.94. The fourth-order valence-electron chi connectivity index (χ4n) is 1.84. The number of aromatic nitrogens is 2. The maximum absolute atomic E-state index is 8.84. The van der Waals surface area contributed by atoms with Crippen LogP contribution in [0, 0.1) is 6.92 Å². The number of nitrogens with zero attached hydrogens (tertiary/aromatic N) is 3. The molecular formula is C14H17N3O2. The van der Waals surface area contributed by atoms with Crippen LogP contribution in [0.1, 0.15) is 18.3 Å². The zero-order valence-corrected chi connectivity index (χ0v) is 11.1. The second-order valence-electron chi connectivity index (χ2n) is 4.20. The molecule has 5 nitrogen and oxygen atoms in total. The molecule has 19 heavy (non-hydrogen) atoms. The van der Waals surface area contributed by atoms with E-state index in [1.165, 1.54) is 0 Å². The van der Waals surface area contributed by atoms with Crippen LogP contribution < -0.4 is 4.74 Å². The van der Waals surface area contributed by atoms with E-state index in [2.05, 4.69) is 10.1 Å². The second kappa shape index (κ2) is 6.04. The Morgan fingerprint density at radius 2 is 2.21 bits per heavy atom. The molecule has 1 aromatic carbocycles. The first-order chi connectivity index (χ1) is 9.22. The number of oxime groups is 1. The Kier molecular flexibility index (Phi) is 4.18. The largest absolute Gasteiger partial charge is 0.491 e. The van der Waals surface area contributed by atoms with E-state index >= 15 is 0 Å². The van der Waals surface area contributed by atoms with Crippen molar-refractivity contribution in [3.05, 3.63) is 48.0 Å². The van der Waals surface area contributed by atoms with E-state index < -0.39 is 0 Å². The number of hydrogen-bond acceptors (Lipinski definition) is 4. The van der Waals surface area contributed by atoms with Gasteiger partial charge in [0.05, 0.1) is 12.3 Å². The van der Waals surface area contributed by atoms with E-state index in [4.69, 9.17) is 9.94 Å². The van der Waals surface area contributed by atoms with Gasteiger partial charge in [-0.3, -0.25) is 0 Å². The highest BCUT2D eigenvalue weighted by Gasteiger charge is 2.06. The Hall–Kier alpha value is -2.30. The summed E-state index contributed by atoms with van der Waals surface area (Å²) >= 11 is 0. The first-order valence-electron chi connectivity index (χ1n) is 6.11. The summed E-state index contributed by atoms with van der Waals surface area (Å²) in [5, 5.41) is 12.1. The normalized spacial score (nSPS) is 11.6. The van der Waals surface area contributed by atoms with Gasteiger partial charge in [-0.15, -0.1) is 0 Å². The zero-order chi connectivity index (χ0) is 13.7. The van der Waals surface area contributed by atoms with Crippen LogP contribution in [0.3, 0.4) is 0 Å². The predicted octanol–water partition coefficient (Wildman–Crippen LogP) is 2.47. The maximum Gasteiger partial charge on any atom is 0.128 e. The minimum absolute atomic E-state index is 0.535. The van der Waals surface area contributed by atoms with E-state index in [0.717, 1.165) is 23.7 Å². The minimum Gasteiger partial charge on any atom is -0.491 e. The Morgan fingerprint density at radius 1 is 1.42 bits per heavy atom. The molecule has 0 amide bonds. The van der Waals surface area contributed by atoms with Gasteiger partial charge in [-0.1, -0.05) is 17.3 Å². The molecule has 0 radical (unpaired) electrons. The Bertz CT molecular complexity index is 576. The molecule has 100 valence electrons. The van der Waals surface area contributed by atoms with Gasteiger partial charge in [0.1, 0.15) is 18.2 Å². The van der Waals surface area contributed by atoms with Gasteiger partial charge in [-0.2, -0.15) is 0 Å². The molecule has 0 spiro atoms. The lowest BCUT2D eigenvalue weighted by Gasteiger charge is -2.11. The standard InChI is InChI=1S/C14H17N3O2/c1-11(16-18)13-5-3-4-6-14(13)19-10-9-17-8-7-15-12(17)2/h3-8,18H,9-10H2,1-2H3/b16-11-. The van der Waals surface area contributed by atoms with Crippen molar-refractivity contribution in [2.75, 3.05) is 6.61 Å². The third kappa shape index (κ3) is 3.13. The minimum atomic E-state index is 0.535. The number of aryl methyl sites for hydroxylation is 1. The van der Waals surface area contributed by atoms with Crippen molar-refractivity contribution in [3.63, 3.8) is 0 Å². The SMILES string of the molecule is C/C(=N/O)c1ccccc1OCCn1ccnc1C. The maximum atomic E-state index is 8.84. The Labute approximate surface area is 112 Å². The summed E-state index contributed by atoms with van der Waals surface area (Å²) in [5.74, 6) is 1.68. The molecule has 0 aliphatic heterocycles. The van der Waals surface area contributed by atoms with Crippen LogP contribution in [-0.2, 0) is 6.54 Å². The molecule has 2 rings (SSSR count). The van der Waals surface area contributed by atoms with Gasteiger partial charge in [-0.25, -0.2) is 4.98 Å². The van der Waals surface area contributed by atoms with Crippen molar-refractivity contribution >= 4 is 5.71 Å². The van der Waals surface area contributed by atoms with E-state index in [1.54, 1.807) is 13.1 Å². The number of hydrogen-bond donors (Lipinski definition) is 1. The molecule has 1 aromatic heterocycles. The Balaban J connectivity index is 2.02. The number of benzene rings is 1. The molecule has 0 bridgehead atoms. The van der Waals surface area contributed by atoms with Gasteiger partial charge in [0.25, 0.3) is 0 Å². The van der Waals surface area contributed by atoms with Crippen molar-refractivity contribution in [2.24, 2.45) is 5.16 Å². The first-order valence-corrected chi connectivity index (χ1v) is 6.11. The number of imidazole rings is 1. The molecule has 0 aliphatic rings. The highest BCUT2D eigenvalue weighted by molar-refractivity contribution is 6.00. The molecule has 1 heterocycles. The fourth-order valence-corrected chi connectivity index (χ4v) is 1.84. The van der Waals surface area contributed by atoms with Crippen LogP contribution in [0.15, 0.2) is 41.8 Å². The van der Waals surface area contributed by atoms with E-state index in [1.807, 2.05) is 42.0 Å². The predicted molar refractivity (Wildman–Crippen MR) is 72.9 cm³/mol. The lowest BCUT2D eigenvalue weighted by Crippen LogP contribution is -2.10. The van der Waals surface area contributed by atoms with Crippen LogP contribution in [0.25, 0.3) is 0 Å². The molecule has 0 unspecified atom stereocenters. The molecule has 0 aliphatic carbocycles. The van der Waals surface area contributed by atoms with Crippen LogP contribution in [-0.4, -0.2) is 27.1 Å². The van der Waals surface area contributed by atoms with Gasteiger partial charge < -0.3 is 14.5 Å². The van der Waals surface area contributed by atoms with Crippen molar-refractivity contribution in [3.8, 4) is 5.75 Å². The van der Waals surface area contributed by atoms with Gasteiger partial charge in [-0.05, 0) is 26.0 Å². The van der Waals surface area contributed by atoms with Gasteiger partial charge in [0, 0.05) is 18.0 Å². The molecule has 1 N–H and O–H groups in total. The molecular weight excluding hydrogens is 242 g/mol. The van der Waals surface area contributed by atoms with Gasteiger partial charge in [0.2, 0.25) is 0 Å². The summed E-state index contributed by atoms with van der Waals surface area (Å²) in [6, 6.07) is 7.51. The average Bonchev–Trinajstić information content (AvgIpc) is 2.84. The average molecular weight is 259 g/mol. The highest BCUT2D eigenvalue weighted by atomic mass is 16.5. The van der Waals surface area contributed by atoms with E-state index in [0.29, 0.717) is 12.3 Å². The number of rotatable bonds is 5. The van der Waals surface area contributed by atoms with Crippen LogP contribution in [0.4, 0.5) is 0 Å². The smallest absolute Gasteiger partial charge is 0.128 e.